The molecule has 11 heteroatoms. The summed E-state index contributed by atoms with van der Waals surface area (Å²) in [5.41, 5.74) is 0. The van der Waals surface area contributed by atoms with E-state index in [4.69, 9.17) is 44.6 Å². The molecule has 1 saturated heterocycles. The van der Waals surface area contributed by atoms with Gasteiger partial charge in [-0.25, -0.2) is 0 Å². The van der Waals surface area contributed by atoms with Crippen molar-refractivity contribution in [2.75, 3.05) is 6.61 Å². The highest BCUT2D eigenvalue weighted by Crippen LogP contribution is 2.30. The first-order chi connectivity index (χ1) is 8.53. The molecule has 5 atom stereocenters. The minimum atomic E-state index is -2.83. The average molecular weight is 341 g/mol. The summed E-state index contributed by atoms with van der Waals surface area (Å²) in [6.07, 6.45) is -7.16. The van der Waals surface area contributed by atoms with Gasteiger partial charge in [-0.3, -0.25) is 10.1 Å². The minimum Gasteiger partial charge on any atom is -0.394 e. The quantitative estimate of drug-likeness (QED) is 0.243. The smallest absolute Gasteiger partial charge is 0.279 e. The number of carbonyl (C=O) groups excluding carboxylic acids is 1. The number of ether oxygens (including phenoxy) is 1. The predicted octanol–water partition coefficient (Wildman–Crippen LogP) is -2.41. The van der Waals surface area contributed by atoms with Gasteiger partial charge in [0.25, 0.3) is 15.6 Å². The molecule has 6 N–H and O–H groups in total. The molecule has 19 heavy (non-hydrogen) atoms. The minimum absolute atomic E-state index is 0.795. The Morgan fingerprint density at radius 1 is 1.26 bits per heavy atom. The van der Waals surface area contributed by atoms with Crippen LogP contribution in [0.25, 0.3) is 0 Å². The summed E-state index contributed by atoms with van der Waals surface area (Å²) in [4.78, 5) is 11.4. The third-order valence-corrected chi connectivity index (χ3v) is 3.03. The summed E-state index contributed by atoms with van der Waals surface area (Å²) in [6.45, 7) is -0.795. The predicted molar refractivity (Wildman–Crippen MR) is 63.4 cm³/mol. The van der Waals surface area contributed by atoms with Gasteiger partial charge in [-0.05, 0) is 0 Å². The van der Waals surface area contributed by atoms with Crippen LogP contribution in [0.2, 0.25) is 0 Å². The van der Waals surface area contributed by atoms with Crippen LogP contribution in [0.5, 0.6) is 0 Å². The number of hydrogen-bond donors (Lipinski definition) is 6. The van der Waals surface area contributed by atoms with E-state index in [2.05, 4.69) is 0 Å². The van der Waals surface area contributed by atoms with Crippen molar-refractivity contribution in [3.63, 3.8) is 0 Å². The molecule has 0 aromatic carbocycles. The van der Waals surface area contributed by atoms with E-state index in [0.29, 0.717) is 0 Å². The second kappa shape index (κ2) is 5.84. The number of carbonyl (C=O) groups is 1. The van der Waals surface area contributed by atoms with Gasteiger partial charge >= 0.3 is 0 Å². The van der Waals surface area contributed by atoms with E-state index in [1.165, 1.54) is 0 Å². The molecule has 112 valence electrons. The third-order valence-electron chi connectivity index (χ3n) is 2.52. The molecular weight excluding hydrogens is 328 g/mol. The number of rotatable bonds is 2. The number of halogens is 3. The largest absolute Gasteiger partial charge is 0.394 e. The highest BCUT2D eigenvalue weighted by molar-refractivity contribution is 6.76. The molecule has 0 unspecified atom stereocenters. The summed E-state index contributed by atoms with van der Waals surface area (Å²) in [5.74, 6) is -4.16. The Morgan fingerprint density at radius 3 is 2.21 bits per heavy atom. The number of aliphatic hydroxyl groups is 5. The van der Waals surface area contributed by atoms with E-state index in [0.717, 1.165) is 0 Å². The number of hydrogen-bond acceptors (Lipinski definition) is 7. The van der Waals surface area contributed by atoms with Crippen LogP contribution in [0.4, 0.5) is 0 Å². The maximum absolute atomic E-state index is 11.4. The molecule has 1 aliphatic rings. The van der Waals surface area contributed by atoms with Crippen LogP contribution in [-0.4, -0.2) is 72.2 Å². The van der Waals surface area contributed by atoms with Crippen molar-refractivity contribution in [3.8, 4) is 0 Å². The fraction of sp³-hybridized carbons (Fsp3) is 0.875. The SMILES string of the molecule is O=C(N[C@]1(O)O[C@H](CO)[C@@H](O)[C@H](O)[C@H]1O)C(Cl)(Cl)Cl. The van der Waals surface area contributed by atoms with Gasteiger partial charge in [0.15, 0.2) is 6.10 Å². The van der Waals surface area contributed by atoms with E-state index in [1.807, 2.05) is 0 Å². The van der Waals surface area contributed by atoms with Crippen LogP contribution < -0.4 is 5.32 Å². The standard InChI is InChI=1S/C8H12Cl3NO7/c9-7(10,11)6(17)12-8(18)5(16)4(15)3(14)2(1-13)19-8/h2-5,13-16,18H,1H2,(H,12,17)/t2-,3-,4+,5-,8-/m1/s1. The van der Waals surface area contributed by atoms with Gasteiger partial charge in [-0.2, -0.15) is 0 Å². The normalized spacial score (nSPS) is 40.0. The molecule has 1 fully saturated rings. The Morgan fingerprint density at radius 2 is 1.79 bits per heavy atom. The number of nitrogens with one attached hydrogen (secondary N) is 1. The summed E-state index contributed by atoms with van der Waals surface area (Å²) < 4.78 is 2.27. The molecule has 8 nitrogen and oxygen atoms in total. The molecule has 0 saturated carbocycles. The van der Waals surface area contributed by atoms with Crippen molar-refractivity contribution in [2.24, 2.45) is 0 Å². The molecule has 1 rings (SSSR count). The van der Waals surface area contributed by atoms with Crippen LogP contribution >= 0.6 is 34.8 Å². The summed E-state index contributed by atoms with van der Waals surface area (Å²) in [5, 5.41) is 49.0. The monoisotopic (exact) mass is 339 g/mol. The molecule has 0 spiro atoms. The van der Waals surface area contributed by atoms with Gasteiger partial charge in [0.2, 0.25) is 0 Å². The van der Waals surface area contributed by atoms with Crippen LogP contribution in [-0.2, 0) is 9.53 Å². The lowest BCUT2D eigenvalue weighted by Crippen LogP contribution is -2.72. The van der Waals surface area contributed by atoms with Gasteiger partial charge in [0.1, 0.15) is 18.3 Å². The lowest BCUT2D eigenvalue weighted by atomic mass is 9.96. The van der Waals surface area contributed by atoms with Crippen molar-refractivity contribution in [3.05, 3.63) is 0 Å². The van der Waals surface area contributed by atoms with Gasteiger partial charge in [0, 0.05) is 0 Å². The van der Waals surface area contributed by atoms with Crippen molar-refractivity contribution >= 4 is 40.7 Å². The third kappa shape index (κ3) is 3.60. The highest BCUT2D eigenvalue weighted by atomic mass is 35.6. The van der Waals surface area contributed by atoms with Crippen LogP contribution in [0.3, 0.4) is 0 Å². The van der Waals surface area contributed by atoms with Crippen molar-refractivity contribution in [1.82, 2.24) is 5.32 Å². The fourth-order valence-electron chi connectivity index (χ4n) is 1.49. The van der Waals surface area contributed by atoms with Gasteiger partial charge in [0.05, 0.1) is 6.61 Å². The van der Waals surface area contributed by atoms with E-state index in [9.17, 15) is 25.2 Å². The Bertz CT molecular complexity index is 350. The average Bonchev–Trinajstić information content (AvgIpc) is 2.30. The van der Waals surface area contributed by atoms with E-state index >= 15 is 0 Å². The van der Waals surface area contributed by atoms with E-state index in [1.54, 1.807) is 5.32 Å². The summed E-state index contributed by atoms with van der Waals surface area (Å²) >= 11 is 15.8. The van der Waals surface area contributed by atoms with Crippen molar-refractivity contribution in [1.29, 1.82) is 0 Å². The van der Waals surface area contributed by atoms with Gasteiger partial charge < -0.3 is 30.3 Å². The zero-order chi connectivity index (χ0) is 15.0. The van der Waals surface area contributed by atoms with Crippen LogP contribution in [0, 0.1) is 0 Å². The second-order valence-electron chi connectivity index (χ2n) is 3.91. The van der Waals surface area contributed by atoms with Crippen molar-refractivity contribution in [2.45, 2.75) is 34.1 Å². The lowest BCUT2D eigenvalue weighted by Gasteiger charge is -2.45. The van der Waals surface area contributed by atoms with Crippen molar-refractivity contribution < 1.29 is 35.1 Å². The zero-order valence-corrected chi connectivity index (χ0v) is 11.5. The Balaban J connectivity index is 2.93. The Hall–Kier alpha value is 0.1000. The van der Waals surface area contributed by atoms with E-state index < -0.39 is 46.6 Å². The molecule has 0 bridgehead atoms. The molecular formula is C8H12Cl3NO7. The number of amides is 1. The first-order valence-electron chi connectivity index (χ1n) is 4.97. The van der Waals surface area contributed by atoms with Gasteiger partial charge in [-0.1, -0.05) is 34.8 Å². The molecule has 0 aromatic heterocycles. The highest BCUT2D eigenvalue weighted by Gasteiger charge is 2.55. The number of aliphatic hydroxyl groups excluding tert-OH is 4. The molecule has 1 heterocycles. The molecule has 0 radical (unpaired) electrons. The summed E-state index contributed by atoms with van der Waals surface area (Å²) in [7, 11) is 0. The Kier molecular flexibility index (Phi) is 5.27. The first kappa shape index (κ1) is 17.2. The van der Waals surface area contributed by atoms with Crippen LogP contribution in [0.15, 0.2) is 0 Å². The summed E-state index contributed by atoms with van der Waals surface area (Å²) in [6, 6.07) is 0. The lowest BCUT2D eigenvalue weighted by molar-refractivity contribution is -0.358. The number of alkyl halides is 3. The second-order valence-corrected chi connectivity index (χ2v) is 6.19. The Labute approximate surface area is 122 Å². The maximum Gasteiger partial charge on any atom is 0.279 e. The molecule has 0 aromatic rings. The maximum atomic E-state index is 11.4. The van der Waals surface area contributed by atoms with Gasteiger partial charge in [-0.15, -0.1) is 0 Å². The molecule has 0 aliphatic carbocycles. The topological polar surface area (TPSA) is 139 Å². The fourth-order valence-corrected chi connectivity index (χ4v) is 1.63. The zero-order valence-electron chi connectivity index (χ0n) is 9.20. The first-order valence-corrected chi connectivity index (χ1v) is 6.11. The molecule has 1 aliphatic heterocycles. The van der Waals surface area contributed by atoms with E-state index in [-0.39, 0.29) is 0 Å². The van der Waals surface area contributed by atoms with Crippen LogP contribution in [0.1, 0.15) is 0 Å². The molecule has 1 amide bonds.